The number of carbonyl (C=O) groups excluding carboxylic acids is 3. The summed E-state index contributed by atoms with van der Waals surface area (Å²) < 4.78 is 43.3. The van der Waals surface area contributed by atoms with E-state index >= 15 is 0 Å². The van der Waals surface area contributed by atoms with Crippen LogP contribution >= 0.6 is 0 Å². The zero-order chi connectivity index (χ0) is 15.3. The lowest BCUT2D eigenvalue weighted by Gasteiger charge is -2.18. The number of nitrogens with one attached hydrogen (secondary N) is 1. The number of hydrogen-bond acceptors (Lipinski definition) is 5. The normalized spacial score (nSPS) is 20.4. The van der Waals surface area contributed by atoms with Crippen LogP contribution in [0.3, 0.4) is 0 Å². The number of ketones is 1. The van der Waals surface area contributed by atoms with Crippen molar-refractivity contribution < 1.29 is 37.0 Å². The summed E-state index contributed by atoms with van der Waals surface area (Å²) in [6.07, 6.45) is -7.66. The van der Waals surface area contributed by atoms with E-state index in [-0.39, 0.29) is 12.3 Å². The molecule has 1 fully saturated rings. The van der Waals surface area contributed by atoms with Gasteiger partial charge in [0.15, 0.2) is 11.9 Å². The first-order valence-electron chi connectivity index (χ1n) is 5.66. The van der Waals surface area contributed by atoms with E-state index in [1.54, 1.807) is 0 Å². The van der Waals surface area contributed by atoms with Crippen molar-refractivity contribution in [3.05, 3.63) is 0 Å². The van der Waals surface area contributed by atoms with Crippen molar-refractivity contribution in [3.63, 3.8) is 0 Å². The third kappa shape index (κ3) is 5.43. The number of amides is 2. The minimum atomic E-state index is -4.97. The third-order valence-corrected chi connectivity index (χ3v) is 2.66. The second-order valence-electron chi connectivity index (χ2n) is 4.14. The predicted molar refractivity (Wildman–Crippen MR) is 57.2 cm³/mol. The molecular weight excluding hydrogens is 285 g/mol. The van der Waals surface area contributed by atoms with Crippen LogP contribution in [-0.2, 0) is 19.1 Å². The first-order chi connectivity index (χ1) is 9.19. The van der Waals surface area contributed by atoms with Gasteiger partial charge in [-0.3, -0.25) is 14.3 Å². The number of rotatable bonds is 6. The Morgan fingerprint density at radius 3 is 2.55 bits per heavy atom. The Balaban J connectivity index is 2.60. The molecule has 0 saturated carbocycles. The molecule has 7 nitrogen and oxygen atoms in total. The Labute approximate surface area is 111 Å². The topological polar surface area (TPSA) is 108 Å². The van der Waals surface area contributed by atoms with Gasteiger partial charge in [0.25, 0.3) is 0 Å². The molecule has 0 aliphatic carbocycles. The Bertz CT molecular complexity index is 399. The quantitative estimate of drug-likeness (QED) is 0.722. The van der Waals surface area contributed by atoms with Crippen LogP contribution in [0.25, 0.3) is 0 Å². The van der Waals surface area contributed by atoms with Crippen LogP contribution in [-0.4, -0.2) is 43.4 Å². The van der Waals surface area contributed by atoms with Gasteiger partial charge in [0.05, 0.1) is 0 Å². The van der Waals surface area contributed by atoms with Gasteiger partial charge in [-0.1, -0.05) is 0 Å². The summed E-state index contributed by atoms with van der Waals surface area (Å²) in [6, 6.07) is 0. The summed E-state index contributed by atoms with van der Waals surface area (Å²) in [5.74, 6) is -2.08. The van der Waals surface area contributed by atoms with Crippen molar-refractivity contribution in [3.8, 4) is 0 Å². The molecule has 1 aliphatic heterocycles. The lowest BCUT2D eigenvalue weighted by molar-refractivity contribution is -0.321. The molecule has 1 saturated heterocycles. The zero-order valence-electron chi connectivity index (χ0n) is 10.2. The van der Waals surface area contributed by atoms with Gasteiger partial charge >= 0.3 is 12.5 Å². The Morgan fingerprint density at radius 2 is 2.10 bits per heavy atom. The lowest BCUT2D eigenvalue weighted by Crippen LogP contribution is -2.36. The Morgan fingerprint density at radius 1 is 1.45 bits per heavy atom. The van der Waals surface area contributed by atoms with Crippen LogP contribution in [0.15, 0.2) is 0 Å². The van der Waals surface area contributed by atoms with Gasteiger partial charge in [0.1, 0.15) is 6.61 Å². The SMILES string of the molecule is NC(=O)OC(CC1CCNC1=O)C(=O)COC(F)(F)F. The first-order valence-corrected chi connectivity index (χ1v) is 5.66. The molecule has 3 N–H and O–H groups in total. The Kier molecular flexibility index (Phi) is 5.31. The minimum Gasteiger partial charge on any atom is -0.438 e. The van der Waals surface area contributed by atoms with Crippen LogP contribution < -0.4 is 11.1 Å². The average molecular weight is 298 g/mol. The summed E-state index contributed by atoms with van der Waals surface area (Å²) in [5.41, 5.74) is 4.75. The highest BCUT2D eigenvalue weighted by Crippen LogP contribution is 2.20. The maximum Gasteiger partial charge on any atom is 0.522 e. The van der Waals surface area contributed by atoms with E-state index in [1.165, 1.54) is 0 Å². The van der Waals surface area contributed by atoms with Gasteiger partial charge in [0.2, 0.25) is 5.91 Å². The van der Waals surface area contributed by atoms with E-state index in [9.17, 15) is 27.6 Å². The fourth-order valence-electron chi connectivity index (χ4n) is 1.76. The van der Waals surface area contributed by atoms with Crippen molar-refractivity contribution in [1.29, 1.82) is 0 Å². The molecule has 0 aromatic rings. The number of hydrogen-bond donors (Lipinski definition) is 2. The van der Waals surface area contributed by atoms with Crippen molar-refractivity contribution in [2.45, 2.75) is 25.3 Å². The van der Waals surface area contributed by atoms with Gasteiger partial charge < -0.3 is 15.8 Å². The van der Waals surface area contributed by atoms with E-state index in [0.29, 0.717) is 13.0 Å². The van der Waals surface area contributed by atoms with Crippen molar-refractivity contribution in [2.75, 3.05) is 13.2 Å². The van der Waals surface area contributed by atoms with Crippen molar-refractivity contribution in [2.24, 2.45) is 11.7 Å². The molecule has 20 heavy (non-hydrogen) atoms. The second-order valence-corrected chi connectivity index (χ2v) is 4.14. The van der Waals surface area contributed by atoms with E-state index in [1.807, 2.05) is 0 Å². The number of alkyl halides is 3. The van der Waals surface area contributed by atoms with Crippen LogP contribution in [0.2, 0.25) is 0 Å². The van der Waals surface area contributed by atoms with Crippen LogP contribution in [0.4, 0.5) is 18.0 Å². The molecule has 0 aromatic carbocycles. The van der Waals surface area contributed by atoms with E-state index in [0.717, 1.165) is 0 Å². The molecule has 2 unspecified atom stereocenters. The number of carbonyl (C=O) groups is 3. The molecule has 114 valence electrons. The first kappa shape index (κ1) is 16.2. The number of nitrogens with two attached hydrogens (primary N) is 1. The molecule has 1 heterocycles. The fraction of sp³-hybridized carbons (Fsp3) is 0.700. The molecule has 0 aromatic heterocycles. The number of ether oxygens (including phenoxy) is 2. The molecule has 1 rings (SSSR count). The van der Waals surface area contributed by atoms with Gasteiger partial charge in [-0.15, -0.1) is 13.2 Å². The monoisotopic (exact) mass is 298 g/mol. The lowest BCUT2D eigenvalue weighted by atomic mass is 9.98. The minimum absolute atomic E-state index is 0.227. The maximum atomic E-state index is 11.8. The highest BCUT2D eigenvalue weighted by atomic mass is 19.4. The molecule has 0 bridgehead atoms. The van der Waals surface area contributed by atoms with Crippen molar-refractivity contribution >= 4 is 17.8 Å². The largest absolute Gasteiger partial charge is 0.522 e. The third-order valence-electron chi connectivity index (χ3n) is 2.66. The second kappa shape index (κ2) is 6.55. The summed E-state index contributed by atoms with van der Waals surface area (Å²) in [4.78, 5) is 33.5. The van der Waals surface area contributed by atoms with Crippen LogP contribution in [0.5, 0.6) is 0 Å². The van der Waals surface area contributed by atoms with Crippen LogP contribution in [0, 0.1) is 5.92 Å². The summed E-state index contributed by atoms with van der Waals surface area (Å²) in [6.45, 7) is -0.921. The van der Waals surface area contributed by atoms with Crippen LogP contribution in [0.1, 0.15) is 12.8 Å². The average Bonchev–Trinajstić information content (AvgIpc) is 2.69. The van der Waals surface area contributed by atoms with Crippen molar-refractivity contribution in [1.82, 2.24) is 5.32 Å². The summed E-state index contributed by atoms with van der Waals surface area (Å²) in [5, 5.41) is 2.49. The highest BCUT2D eigenvalue weighted by molar-refractivity contribution is 5.87. The molecule has 0 spiro atoms. The smallest absolute Gasteiger partial charge is 0.438 e. The number of halogens is 3. The molecule has 0 radical (unpaired) electrons. The fourth-order valence-corrected chi connectivity index (χ4v) is 1.76. The van der Waals surface area contributed by atoms with E-state index in [4.69, 9.17) is 5.73 Å². The highest BCUT2D eigenvalue weighted by Gasteiger charge is 2.35. The van der Waals surface area contributed by atoms with Gasteiger partial charge in [0, 0.05) is 18.9 Å². The molecule has 10 heteroatoms. The van der Waals surface area contributed by atoms with E-state index < -0.39 is 36.9 Å². The molecule has 2 amide bonds. The molecule has 1 aliphatic rings. The zero-order valence-corrected chi connectivity index (χ0v) is 10.2. The number of Topliss-reactive ketones (excluding diaryl/α,β-unsaturated/α-hetero) is 1. The maximum absolute atomic E-state index is 11.8. The van der Waals surface area contributed by atoms with Gasteiger partial charge in [-0.25, -0.2) is 4.79 Å². The predicted octanol–water partition coefficient (Wildman–Crippen LogP) is 0.0820. The van der Waals surface area contributed by atoms with E-state index in [2.05, 4.69) is 14.8 Å². The molecule has 2 atom stereocenters. The summed E-state index contributed by atoms with van der Waals surface area (Å²) in [7, 11) is 0. The summed E-state index contributed by atoms with van der Waals surface area (Å²) >= 11 is 0. The molecular formula is C10H13F3N2O5. The van der Waals surface area contributed by atoms with Gasteiger partial charge in [-0.2, -0.15) is 0 Å². The van der Waals surface area contributed by atoms with Gasteiger partial charge in [-0.05, 0) is 6.42 Å². The Hall–Kier alpha value is -1.84. The number of primary amides is 1. The standard InChI is InChI=1S/C10H13F3N2O5/c11-10(12,13)19-4-6(16)7(20-9(14)18)3-5-1-2-15-8(5)17/h5,7H,1-4H2,(H2,14,18)(H,15,17).